The maximum Gasteiger partial charge on any atom is 0.265 e. The van der Waals surface area contributed by atoms with Crippen LogP contribution in [0.4, 0.5) is 11.4 Å². The van der Waals surface area contributed by atoms with E-state index in [1.807, 2.05) is 0 Å². The van der Waals surface area contributed by atoms with Gasteiger partial charge in [-0.1, -0.05) is 0 Å². The molecule has 0 spiro atoms. The van der Waals surface area contributed by atoms with Crippen LogP contribution in [0.5, 0.6) is 5.75 Å². The number of aryl methyl sites for hydroxylation is 2. The lowest BCUT2D eigenvalue weighted by molar-refractivity contribution is -0.119. The van der Waals surface area contributed by atoms with Crippen LogP contribution in [0.25, 0.3) is 11.1 Å². The molecule has 0 bridgehead atoms. The fourth-order valence-electron chi connectivity index (χ4n) is 3.69. The summed E-state index contributed by atoms with van der Waals surface area (Å²) in [6.07, 6.45) is 3.60. The molecule has 30 heavy (non-hydrogen) atoms. The third-order valence-corrected chi connectivity index (χ3v) is 5.23. The highest BCUT2D eigenvalue weighted by Gasteiger charge is 2.25. The number of benzene rings is 1. The fourth-order valence-corrected chi connectivity index (χ4v) is 3.69. The maximum absolute atomic E-state index is 13.0. The minimum Gasteiger partial charge on any atom is -0.495 e. The van der Waals surface area contributed by atoms with Gasteiger partial charge in [0, 0.05) is 25.7 Å². The van der Waals surface area contributed by atoms with Gasteiger partial charge < -0.3 is 23.9 Å². The molecule has 9 heteroatoms. The second-order valence-corrected chi connectivity index (χ2v) is 7.22. The lowest BCUT2D eigenvalue weighted by atomic mass is 10.1. The number of carbonyl (C=O) groups excluding carboxylic acids is 2. The number of hydrogen-bond donors (Lipinski definition) is 1. The van der Waals surface area contributed by atoms with Gasteiger partial charge in [-0.25, -0.2) is 4.98 Å². The Hall–Kier alpha value is -3.62. The molecule has 156 valence electrons. The van der Waals surface area contributed by atoms with Crippen molar-refractivity contribution >= 4 is 34.3 Å². The van der Waals surface area contributed by atoms with E-state index in [0.717, 1.165) is 12.8 Å². The Morgan fingerprint density at radius 2 is 2.07 bits per heavy atom. The number of anilines is 2. The van der Waals surface area contributed by atoms with Gasteiger partial charge >= 0.3 is 0 Å². The Balaban J connectivity index is 1.71. The van der Waals surface area contributed by atoms with Crippen LogP contribution in [0.3, 0.4) is 0 Å². The number of furan rings is 1. The molecule has 1 aliphatic rings. The van der Waals surface area contributed by atoms with Crippen LogP contribution in [0.15, 0.2) is 33.7 Å². The van der Waals surface area contributed by atoms with E-state index in [-0.39, 0.29) is 28.1 Å². The summed E-state index contributed by atoms with van der Waals surface area (Å²) in [5.74, 6) is 0.385. The summed E-state index contributed by atoms with van der Waals surface area (Å²) in [4.78, 5) is 43.7. The number of carbonyl (C=O) groups is 2. The lowest BCUT2D eigenvalue weighted by Crippen LogP contribution is -2.35. The minimum absolute atomic E-state index is 0.0225. The third kappa shape index (κ3) is 3.32. The van der Waals surface area contributed by atoms with Crippen LogP contribution in [0, 0.1) is 6.92 Å². The van der Waals surface area contributed by atoms with Gasteiger partial charge in [-0.15, -0.1) is 0 Å². The van der Waals surface area contributed by atoms with Crippen molar-refractivity contribution in [3.63, 3.8) is 0 Å². The highest BCUT2D eigenvalue weighted by atomic mass is 16.5. The van der Waals surface area contributed by atoms with Gasteiger partial charge in [-0.3, -0.25) is 14.4 Å². The molecule has 2 aromatic heterocycles. The second kappa shape index (κ2) is 7.66. The Morgan fingerprint density at radius 3 is 2.80 bits per heavy atom. The third-order valence-electron chi connectivity index (χ3n) is 5.23. The number of fused-ring (bicyclic) bond motifs is 1. The molecule has 1 aromatic carbocycles. The van der Waals surface area contributed by atoms with Gasteiger partial charge in [0.05, 0.1) is 18.4 Å². The standard InChI is InChI=1S/C21H22N4O5/c1-12-17(18-20(30-12)22-11-24(2)21(18)28)19(27)23-13-7-8-15(29-3)14(10-13)25-9-5-4-6-16(25)26/h7-8,10-11H,4-6,9H2,1-3H3,(H,23,27). The molecule has 1 saturated heterocycles. The van der Waals surface area contributed by atoms with E-state index in [9.17, 15) is 14.4 Å². The second-order valence-electron chi connectivity index (χ2n) is 7.22. The van der Waals surface area contributed by atoms with E-state index in [4.69, 9.17) is 9.15 Å². The number of nitrogens with zero attached hydrogens (tertiary/aromatic N) is 3. The zero-order valence-electron chi connectivity index (χ0n) is 17.0. The Labute approximate surface area is 172 Å². The van der Waals surface area contributed by atoms with Crippen molar-refractivity contribution in [1.29, 1.82) is 0 Å². The molecular formula is C21H22N4O5. The molecule has 1 N–H and O–H groups in total. The first-order valence-electron chi connectivity index (χ1n) is 9.65. The van der Waals surface area contributed by atoms with Gasteiger partial charge in [-0.2, -0.15) is 0 Å². The molecular weight excluding hydrogens is 388 g/mol. The Morgan fingerprint density at radius 1 is 1.27 bits per heavy atom. The van der Waals surface area contributed by atoms with E-state index < -0.39 is 5.91 Å². The predicted molar refractivity (Wildman–Crippen MR) is 111 cm³/mol. The van der Waals surface area contributed by atoms with Gasteiger partial charge in [0.1, 0.15) is 23.2 Å². The number of rotatable bonds is 4. The first-order valence-corrected chi connectivity index (χ1v) is 9.65. The average molecular weight is 410 g/mol. The summed E-state index contributed by atoms with van der Waals surface area (Å²) in [6.45, 7) is 2.21. The van der Waals surface area contributed by atoms with Crippen LogP contribution < -0.4 is 20.5 Å². The average Bonchev–Trinajstić information content (AvgIpc) is 3.08. The summed E-state index contributed by atoms with van der Waals surface area (Å²) < 4.78 is 12.2. The van der Waals surface area contributed by atoms with Crippen molar-refractivity contribution < 1.29 is 18.7 Å². The van der Waals surface area contributed by atoms with Crippen molar-refractivity contribution in [2.24, 2.45) is 7.05 Å². The van der Waals surface area contributed by atoms with E-state index in [1.165, 1.54) is 18.0 Å². The summed E-state index contributed by atoms with van der Waals surface area (Å²) in [7, 11) is 3.10. The van der Waals surface area contributed by atoms with Gasteiger partial charge in [0.15, 0.2) is 0 Å². The number of aromatic nitrogens is 2. The first-order chi connectivity index (χ1) is 14.4. The van der Waals surface area contributed by atoms with Crippen LogP contribution in [-0.2, 0) is 11.8 Å². The summed E-state index contributed by atoms with van der Waals surface area (Å²) in [5.41, 5.74) is 0.978. The minimum atomic E-state index is -0.488. The molecule has 1 fully saturated rings. The van der Waals surface area contributed by atoms with Crippen LogP contribution >= 0.6 is 0 Å². The Kier molecular flexibility index (Phi) is 5.03. The zero-order valence-corrected chi connectivity index (χ0v) is 17.0. The molecule has 3 aromatic rings. The van der Waals surface area contributed by atoms with Crippen molar-refractivity contribution in [3.8, 4) is 5.75 Å². The van der Waals surface area contributed by atoms with E-state index in [1.54, 1.807) is 37.1 Å². The molecule has 0 aliphatic carbocycles. The molecule has 1 aliphatic heterocycles. The molecule has 4 rings (SSSR count). The number of piperidine rings is 1. The molecule has 0 radical (unpaired) electrons. The highest BCUT2D eigenvalue weighted by Crippen LogP contribution is 2.34. The molecule has 9 nitrogen and oxygen atoms in total. The van der Waals surface area contributed by atoms with Gasteiger partial charge in [0.2, 0.25) is 11.6 Å². The molecule has 2 amide bonds. The lowest BCUT2D eigenvalue weighted by Gasteiger charge is -2.28. The maximum atomic E-state index is 13.0. The zero-order chi connectivity index (χ0) is 21.4. The highest BCUT2D eigenvalue weighted by molar-refractivity contribution is 6.13. The molecule has 3 heterocycles. The molecule has 0 atom stereocenters. The van der Waals surface area contributed by atoms with Crippen molar-refractivity contribution in [2.75, 3.05) is 23.9 Å². The number of hydrogen-bond acceptors (Lipinski definition) is 6. The Bertz CT molecular complexity index is 1210. The largest absolute Gasteiger partial charge is 0.495 e. The summed E-state index contributed by atoms with van der Waals surface area (Å²) in [5, 5.41) is 2.94. The number of methoxy groups -OCH3 is 1. The summed E-state index contributed by atoms with van der Waals surface area (Å²) >= 11 is 0. The number of nitrogens with one attached hydrogen (secondary N) is 1. The van der Waals surface area contributed by atoms with E-state index in [2.05, 4.69) is 10.3 Å². The van der Waals surface area contributed by atoms with E-state index >= 15 is 0 Å². The topological polar surface area (TPSA) is 107 Å². The molecule has 0 unspecified atom stereocenters. The molecule has 0 saturated carbocycles. The van der Waals surface area contributed by atoms with Crippen molar-refractivity contribution in [2.45, 2.75) is 26.2 Å². The number of amides is 2. The first kappa shape index (κ1) is 19.7. The predicted octanol–water partition coefficient (Wildman–Crippen LogP) is 2.61. The van der Waals surface area contributed by atoms with Gasteiger partial charge in [0.25, 0.3) is 11.5 Å². The fraction of sp³-hybridized carbons (Fsp3) is 0.333. The quantitative estimate of drug-likeness (QED) is 0.709. The van der Waals surface area contributed by atoms with Crippen LogP contribution in [0.1, 0.15) is 35.4 Å². The SMILES string of the molecule is COc1ccc(NC(=O)c2c(C)oc3ncn(C)c(=O)c23)cc1N1CCCCC1=O. The summed E-state index contributed by atoms with van der Waals surface area (Å²) in [6, 6.07) is 5.09. The van der Waals surface area contributed by atoms with Crippen LogP contribution in [-0.4, -0.2) is 35.0 Å². The van der Waals surface area contributed by atoms with Crippen molar-refractivity contribution in [1.82, 2.24) is 9.55 Å². The van der Waals surface area contributed by atoms with Crippen molar-refractivity contribution in [3.05, 3.63) is 46.2 Å². The monoisotopic (exact) mass is 410 g/mol. The smallest absolute Gasteiger partial charge is 0.265 e. The van der Waals surface area contributed by atoms with Crippen LogP contribution in [0.2, 0.25) is 0 Å². The van der Waals surface area contributed by atoms with Gasteiger partial charge in [-0.05, 0) is 38.0 Å². The van der Waals surface area contributed by atoms with E-state index in [0.29, 0.717) is 35.9 Å². The number of ether oxygens (including phenoxy) is 1. The normalized spacial score (nSPS) is 14.2.